The number of benzene rings is 2. The number of amides is 2. The molecule has 2 aromatic carbocycles. The van der Waals surface area contributed by atoms with Crippen LogP contribution >= 0.6 is 0 Å². The second kappa shape index (κ2) is 8.13. The molecule has 9 heteroatoms. The Morgan fingerprint density at radius 3 is 2.43 bits per heavy atom. The standard InChI is InChI=1S/C19H15F2N3O3S/c20-16-4-1-5-17(18(16)21)28(26,27)15-8-6-14(7-9-15)24-19(25)23-12-13-3-2-10-22-11-13/h1-11H,12H2,(H2,23,24,25). The van der Waals surface area contributed by atoms with Gasteiger partial charge in [0.15, 0.2) is 11.6 Å². The fraction of sp³-hybridized carbons (Fsp3) is 0.0526. The maximum absolute atomic E-state index is 13.8. The Morgan fingerprint density at radius 2 is 1.75 bits per heavy atom. The number of carbonyl (C=O) groups excluding carboxylic acids is 1. The van der Waals surface area contributed by atoms with Crippen LogP contribution in [0.2, 0.25) is 0 Å². The predicted octanol–water partition coefficient (Wildman–Crippen LogP) is 3.51. The minimum atomic E-state index is -4.23. The highest BCUT2D eigenvalue weighted by molar-refractivity contribution is 7.91. The van der Waals surface area contributed by atoms with Crippen molar-refractivity contribution in [3.05, 3.63) is 84.2 Å². The summed E-state index contributed by atoms with van der Waals surface area (Å²) >= 11 is 0. The van der Waals surface area contributed by atoms with E-state index in [1.807, 2.05) is 0 Å². The van der Waals surface area contributed by atoms with Crippen molar-refractivity contribution in [2.45, 2.75) is 16.3 Å². The van der Waals surface area contributed by atoms with Crippen LogP contribution in [0, 0.1) is 11.6 Å². The molecule has 28 heavy (non-hydrogen) atoms. The van der Waals surface area contributed by atoms with E-state index in [1.54, 1.807) is 24.5 Å². The van der Waals surface area contributed by atoms with Gasteiger partial charge in [-0.2, -0.15) is 0 Å². The molecule has 0 radical (unpaired) electrons. The van der Waals surface area contributed by atoms with Crippen LogP contribution in [0.15, 0.2) is 76.8 Å². The van der Waals surface area contributed by atoms with Crippen molar-refractivity contribution in [3.8, 4) is 0 Å². The highest BCUT2D eigenvalue weighted by atomic mass is 32.2. The van der Waals surface area contributed by atoms with E-state index in [0.29, 0.717) is 5.69 Å². The Hall–Kier alpha value is -3.33. The second-order valence-corrected chi connectivity index (χ2v) is 7.67. The number of carbonyl (C=O) groups is 1. The Kier molecular flexibility index (Phi) is 5.65. The third kappa shape index (κ3) is 4.32. The maximum atomic E-state index is 13.8. The number of aromatic nitrogens is 1. The first-order valence-corrected chi connectivity index (χ1v) is 9.59. The molecular formula is C19H15F2N3O3S. The zero-order valence-electron chi connectivity index (χ0n) is 14.4. The minimum Gasteiger partial charge on any atom is -0.334 e. The van der Waals surface area contributed by atoms with Crippen molar-refractivity contribution >= 4 is 21.6 Å². The van der Waals surface area contributed by atoms with Crippen molar-refractivity contribution in [1.29, 1.82) is 0 Å². The lowest BCUT2D eigenvalue weighted by molar-refractivity contribution is 0.251. The van der Waals surface area contributed by atoms with Crippen molar-refractivity contribution in [3.63, 3.8) is 0 Å². The molecule has 3 aromatic rings. The molecule has 0 bridgehead atoms. The van der Waals surface area contributed by atoms with Crippen molar-refractivity contribution in [2.24, 2.45) is 0 Å². The van der Waals surface area contributed by atoms with E-state index >= 15 is 0 Å². The molecule has 3 rings (SSSR count). The molecule has 0 aliphatic rings. The van der Waals surface area contributed by atoms with Crippen LogP contribution in [0.3, 0.4) is 0 Å². The third-order valence-corrected chi connectivity index (χ3v) is 5.59. The number of rotatable bonds is 5. The van der Waals surface area contributed by atoms with Crippen LogP contribution in [-0.4, -0.2) is 19.4 Å². The van der Waals surface area contributed by atoms with Crippen LogP contribution in [0.1, 0.15) is 5.56 Å². The summed E-state index contributed by atoms with van der Waals surface area (Å²) in [7, 11) is -4.23. The van der Waals surface area contributed by atoms with Gasteiger partial charge >= 0.3 is 6.03 Å². The predicted molar refractivity (Wildman–Crippen MR) is 98.3 cm³/mol. The number of nitrogens with zero attached hydrogens (tertiary/aromatic N) is 1. The number of urea groups is 1. The van der Waals surface area contributed by atoms with E-state index < -0.39 is 32.4 Å². The fourth-order valence-electron chi connectivity index (χ4n) is 2.40. The zero-order valence-corrected chi connectivity index (χ0v) is 15.2. The van der Waals surface area contributed by atoms with E-state index in [4.69, 9.17) is 0 Å². The molecule has 2 N–H and O–H groups in total. The van der Waals surface area contributed by atoms with Gasteiger partial charge in [0, 0.05) is 24.6 Å². The molecule has 6 nitrogen and oxygen atoms in total. The Balaban J connectivity index is 1.69. The van der Waals surface area contributed by atoms with Gasteiger partial charge in [-0.1, -0.05) is 12.1 Å². The summed E-state index contributed by atoms with van der Waals surface area (Å²) in [5.74, 6) is -2.68. The smallest absolute Gasteiger partial charge is 0.319 e. The number of halogens is 2. The second-order valence-electron chi connectivity index (χ2n) is 5.75. The molecule has 144 valence electrons. The SMILES string of the molecule is O=C(NCc1cccnc1)Nc1ccc(S(=O)(=O)c2cccc(F)c2F)cc1. The molecular weight excluding hydrogens is 388 g/mol. The van der Waals surface area contributed by atoms with Gasteiger partial charge in [-0.3, -0.25) is 4.98 Å². The first-order valence-electron chi connectivity index (χ1n) is 8.11. The summed E-state index contributed by atoms with van der Waals surface area (Å²) in [5.41, 5.74) is 1.15. The summed E-state index contributed by atoms with van der Waals surface area (Å²) in [5, 5.41) is 5.18. The van der Waals surface area contributed by atoms with Crippen LogP contribution in [0.25, 0.3) is 0 Å². The fourth-order valence-corrected chi connectivity index (χ4v) is 3.74. The molecule has 1 aromatic heterocycles. The van der Waals surface area contributed by atoms with Crippen molar-refractivity contribution in [1.82, 2.24) is 10.3 Å². The Bertz CT molecular complexity index is 1090. The molecule has 2 amide bonds. The van der Waals surface area contributed by atoms with Crippen LogP contribution in [0.5, 0.6) is 0 Å². The lowest BCUT2D eigenvalue weighted by atomic mass is 10.3. The molecule has 0 spiro atoms. The summed E-state index contributed by atoms with van der Waals surface area (Å²) in [4.78, 5) is 14.9. The number of hydrogen-bond donors (Lipinski definition) is 2. The van der Waals surface area contributed by atoms with Gasteiger partial charge in [0.05, 0.1) is 4.90 Å². The number of hydrogen-bond acceptors (Lipinski definition) is 4. The van der Waals surface area contributed by atoms with Crippen LogP contribution in [0.4, 0.5) is 19.3 Å². The van der Waals surface area contributed by atoms with Crippen molar-refractivity contribution in [2.75, 3.05) is 5.32 Å². The monoisotopic (exact) mass is 403 g/mol. The molecule has 0 atom stereocenters. The van der Waals surface area contributed by atoms with Gasteiger partial charge in [-0.05, 0) is 48.0 Å². The molecule has 0 aliphatic heterocycles. The number of pyridine rings is 1. The van der Waals surface area contributed by atoms with Gasteiger partial charge in [-0.25, -0.2) is 22.0 Å². The van der Waals surface area contributed by atoms with Gasteiger partial charge < -0.3 is 10.6 Å². The zero-order chi connectivity index (χ0) is 20.1. The average Bonchev–Trinajstić information content (AvgIpc) is 2.69. The summed E-state index contributed by atoms with van der Waals surface area (Å²) in [6, 6.07) is 11.1. The van der Waals surface area contributed by atoms with E-state index in [9.17, 15) is 22.0 Å². The van der Waals surface area contributed by atoms with Crippen molar-refractivity contribution < 1.29 is 22.0 Å². The summed E-state index contributed by atoms with van der Waals surface area (Å²) < 4.78 is 52.1. The summed E-state index contributed by atoms with van der Waals surface area (Å²) in [6.07, 6.45) is 3.24. The molecule has 0 aliphatic carbocycles. The van der Waals surface area contributed by atoms with E-state index in [-0.39, 0.29) is 11.4 Å². The molecule has 1 heterocycles. The van der Waals surface area contributed by atoms with Crippen LogP contribution < -0.4 is 10.6 Å². The van der Waals surface area contributed by atoms with Crippen LogP contribution in [-0.2, 0) is 16.4 Å². The first kappa shape index (κ1) is 19.4. The molecule has 0 saturated heterocycles. The van der Waals surface area contributed by atoms with Gasteiger partial charge in [0.2, 0.25) is 9.84 Å². The summed E-state index contributed by atoms with van der Waals surface area (Å²) in [6.45, 7) is 0.269. The Morgan fingerprint density at radius 1 is 1.00 bits per heavy atom. The Labute approximate surface area is 160 Å². The van der Waals surface area contributed by atoms with E-state index in [0.717, 1.165) is 23.8 Å². The van der Waals surface area contributed by atoms with Gasteiger partial charge in [-0.15, -0.1) is 0 Å². The largest absolute Gasteiger partial charge is 0.334 e. The van der Waals surface area contributed by atoms with Gasteiger partial charge in [0.25, 0.3) is 0 Å². The molecule has 0 fully saturated rings. The van der Waals surface area contributed by atoms with E-state index in [1.165, 1.54) is 24.3 Å². The maximum Gasteiger partial charge on any atom is 0.319 e. The highest BCUT2D eigenvalue weighted by Gasteiger charge is 2.23. The highest BCUT2D eigenvalue weighted by Crippen LogP contribution is 2.25. The normalized spacial score (nSPS) is 11.1. The quantitative estimate of drug-likeness (QED) is 0.682. The minimum absolute atomic E-state index is 0.224. The average molecular weight is 403 g/mol. The third-order valence-electron chi connectivity index (χ3n) is 3.80. The number of anilines is 1. The first-order chi connectivity index (χ1) is 13.4. The number of nitrogens with one attached hydrogen (secondary N) is 2. The lowest BCUT2D eigenvalue weighted by Gasteiger charge is -2.09. The number of sulfone groups is 1. The molecule has 0 unspecified atom stereocenters. The lowest BCUT2D eigenvalue weighted by Crippen LogP contribution is -2.28. The molecule has 0 saturated carbocycles. The van der Waals surface area contributed by atoms with E-state index in [2.05, 4.69) is 15.6 Å². The topological polar surface area (TPSA) is 88.2 Å². The van der Waals surface area contributed by atoms with Gasteiger partial charge in [0.1, 0.15) is 4.90 Å².